The van der Waals surface area contributed by atoms with Crippen LogP contribution in [0.3, 0.4) is 0 Å². The zero-order chi connectivity index (χ0) is 13.1. The van der Waals surface area contributed by atoms with Crippen molar-refractivity contribution < 1.29 is 13.2 Å². The summed E-state index contributed by atoms with van der Waals surface area (Å²) in [6.07, 6.45) is 1.17. The summed E-state index contributed by atoms with van der Waals surface area (Å²) in [5.74, 6) is -0.717. The molecule has 1 amide bonds. The summed E-state index contributed by atoms with van der Waals surface area (Å²) in [7, 11) is -3.47. The largest absolute Gasteiger partial charge is 0.368 e. The number of primary amides is 1. The second-order valence-corrected chi connectivity index (χ2v) is 5.89. The number of carbonyl (C=O) groups is 1. The summed E-state index contributed by atoms with van der Waals surface area (Å²) in [5, 5.41) is 0.570. The second kappa shape index (κ2) is 5.48. The summed E-state index contributed by atoms with van der Waals surface area (Å²) >= 11 is 5.71. The Labute approximate surface area is 105 Å². The lowest BCUT2D eigenvalue weighted by atomic mass is 10.1. The SMILES string of the molecule is CS(=O)(=O)NC(Cc1ccc(Cl)cc1)C(N)=O. The van der Waals surface area contributed by atoms with E-state index >= 15 is 0 Å². The molecular formula is C10H13ClN2O3S. The van der Waals surface area contributed by atoms with Crippen molar-refractivity contribution in [2.45, 2.75) is 12.5 Å². The number of halogens is 1. The van der Waals surface area contributed by atoms with E-state index in [2.05, 4.69) is 4.72 Å². The van der Waals surface area contributed by atoms with Crippen LogP contribution in [0.4, 0.5) is 0 Å². The second-order valence-electron chi connectivity index (χ2n) is 3.68. The zero-order valence-electron chi connectivity index (χ0n) is 9.18. The van der Waals surface area contributed by atoms with Gasteiger partial charge in [0.2, 0.25) is 15.9 Å². The third-order valence-electron chi connectivity index (χ3n) is 2.05. The highest BCUT2D eigenvalue weighted by molar-refractivity contribution is 7.88. The van der Waals surface area contributed by atoms with Crippen LogP contribution in [-0.4, -0.2) is 26.6 Å². The van der Waals surface area contributed by atoms with E-state index < -0.39 is 22.0 Å². The van der Waals surface area contributed by atoms with E-state index in [0.29, 0.717) is 5.02 Å². The fourth-order valence-corrected chi connectivity index (χ4v) is 2.16. The average molecular weight is 277 g/mol. The van der Waals surface area contributed by atoms with Crippen molar-refractivity contribution in [3.05, 3.63) is 34.9 Å². The van der Waals surface area contributed by atoms with Gasteiger partial charge in [-0.1, -0.05) is 23.7 Å². The molecule has 0 aromatic heterocycles. The summed E-state index contributed by atoms with van der Waals surface area (Å²) < 4.78 is 24.3. The first kappa shape index (κ1) is 14.0. The molecule has 0 aliphatic carbocycles. The maximum atomic E-state index is 11.1. The summed E-state index contributed by atoms with van der Waals surface area (Å²) in [5.41, 5.74) is 5.90. The summed E-state index contributed by atoms with van der Waals surface area (Å²) in [6, 6.07) is 5.79. The van der Waals surface area contributed by atoms with E-state index in [1.807, 2.05) is 0 Å². The highest BCUT2D eigenvalue weighted by atomic mass is 35.5. The Morgan fingerprint density at radius 3 is 2.35 bits per heavy atom. The Morgan fingerprint density at radius 2 is 1.94 bits per heavy atom. The maximum Gasteiger partial charge on any atom is 0.235 e. The van der Waals surface area contributed by atoms with Crippen LogP contribution in [0.1, 0.15) is 5.56 Å². The lowest BCUT2D eigenvalue weighted by Crippen LogP contribution is -2.45. The molecule has 0 aliphatic rings. The van der Waals surface area contributed by atoms with Crippen molar-refractivity contribution in [1.29, 1.82) is 0 Å². The van der Waals surface area contributed by atoms with Crippen molar-refractivity contribution in [1.82, 2.24) is 4.72 Å². The number of nitrogens with two attached hydrogens (primary N) is 1. The molecule has 1 aromatic rings. The van der Waals surface area contributed by atoms with Crippen LogP contribution in [0.25, 0.3) is 0 Å². The van der Waals surface area contributed by atoms with Crippen molar-refractivity contribution in [3.8, 4) is 0 Å². The Balaban J connectivity index is 2.80. The number of hydrogen-bond donors (Lipinski definition) is 2. The van der Waals surface area contributed by atoms with Gasteiger partial charge >= 0.3 is 0 Å². The molecule has 0 bridgehead atoms. The van der Waals surface area contributed by atoms with Gasteiger partial charge in [-0.25, -0.2) is 13.1 Å². The monoisotopic (exact) mass is 276 g/mol. The van der Waals surface area contributed by atoms with Gasteiger partial charge in [0.15, 0.2) is 0 Å². The normalized spacial score (nSPS) is 13.3. The van der Waals surface area contributed by atoms with Gasteiger partial charge in [0.25, 0.3) is 0 Å². The fourth-order valence-electron chi connectivity index (χ4n) is 1.31. The zero-order valence-corrected chi connectivity index (χ0v) is 10.8. The smallest absolute Gasteiger partial charge is 0.235 e. The molecule has 94 valence electrons. The number of nitrogens with one attached hydrogen (secondary N) is 1. The molecule has 17 heavy (non-hydrogen) atoms. The molecule has 3 N–H and O–H groups in total. The molecule has 5 nitrogen and oxygen atoms in total. The molecule has 1 rings (SSSR count). The van der Waals surface area contributed by atoms with Gasteiger partial charge in [0, 0.05) is 5.02 Å². The number of hydrogen-bond acceptors (Lipinski definition) is 3. The van der Waals surface area contributed by atoms with Gasteiger partial charge in [-0.2, -0.15) is 0 Å². The molecule has 1 atom stereocenters. The first-order valence-corrected chi connectivity index (χ1v) is 7.06. The summed E-state index contributed by atoms with van der Waals surface area (Å²) in [6.45, 7) is 0. The quantitative estimate of drug-likeness (QED) is 0.810. The van der Waals surface area contributed by atoms with Gasteiger partial charge < -0.3 is 5.73 Å². The van der Waals surface area contributed by atoms with E-state index in [1.165, 1.54) is 0 Å². The third kappa shape index (κ3) is 5.16. The van der Waals surface area contributed by atoms with E-state index in [4.69, 9.17) is 17.3 Å². The van der Waals surface area contributed by atoms with Crippen LogP contribution in [0.2, 0.25) is 5.02 Å². The number of sulfonamides is 1. The first-order valence-electron chi connectivity index (χ1n) is 4.79. The van der Waals surface area contributed by atoms with Crippen LogP contribution in [0.5, 0.6) is 0 Å². The van der Waals surface area contributed by atoms with Gasteiger partial charge in [0.1, 0.15) is 6.04 Å². The Kier molecular flexibility index (Phi) is 4.50. The van der Waals surface area contributed by atoms with Crippen molar-refractivity contribution in [2.24, 2.45) is 5.73 Å². The third-order valence-corrected chi connectivity index (χ3v) is 3.02. The van der Waals surface area contributed by atoms with Gasteiger partial charge in [-0.15, -0.1) is 0 Å². The number of rotatable bonds is 5. The molecule has 7 heteroatoms. The van der Waals surface area contributed by atoms with E-state index in [-0.39, 0.29) is 6.42 Å². The van der Waals surface area contributed by atoms with Crippen molar-refractivity contribution >= 4 is 27.5 Å². The predicted molar refractivity (Wildman–Crippen MR) is 66.1 cm³/mol. The standard InChI is InChI=1S/C10H13ClN2O3S/c1-17(15,16)13-9(10(12)14)6-7-2-4-8(11)5-3-7/h2-5,9,13H,6H2,1H3,(H2,12,14). The van der Waals surface area contributed by atoms with Gasteiger partial charge in [-0.3, -0.25) is 4.79 Å². The molecule has 0 spiro atoms. The van der Waals surface area contributed by atoms with Crippen LogP contribution in [0, 0.1) is 0 Å². The molecule has 0 aliphatic heterocycles. The van der Waals surface area contributed by atoms with Crippen molar-refractivity contribution in [2.75, 3.05) is 6.26 Å². The van der Waals surface area contributed by atoms with Crippen LogP contribution in [-0.2, 0) is 21.2 Å². The molecule has 0 saturated carbocycles. The molecule has 1 aromatic carbocycles. The highest BCUT2D eigenvalue weighted by Gasteiger charge is 2.19. The molecule has 0 fully saturated rings. The van der Waals surface area contributed by atoms with Gasteiger partial charge in [-0.05, 0) is 24.1 Å². The summed E-state index contributed by atoms with van der Waals surface area (Å²) in [4.78, 5) is 11.1. The highest BCUT2D eigenvalue weighted by Crippen LogP contribution is 2.11. The Bertz CT molecular complexity index is 499. The molecule has 1 unspecified atom stereocenters. The lowest BCUT2D eigenvalue weighted by Gasteiger charge is -2.13. The molecule has 0 saturated heterocycles. The number of benzene rings is 1. The van der Waals surface area contributed by atoms with Crippen LogP contribution >= 0.6 is 11.6 Å². The van der Waals surface area contributed by atoms with E-state index in [9.17, 15) is 13.2 Å². The molecular weight excluding hydrogens is 264 g/mol. The Hall–Kier alpha value is -1.11. The number of carbonyl (C=O) groups excluding carboxylic acids is 1. The minimum Gasteiger partial charge on any atom is -0.368 e. The average Bonchev–Trinajstić information content (AvgIpc) is 2.18. The van der Waals surface area contributed by atoms with Gasteiger partial charge in [0.05, 0.1) is 6.26 Å². The minimum atomic E-state index is -3.47. The van der Waals surface area contributed by atoms with Crippen molar-refractivity contribution in [3.63, 3.8) is 0 Å². The minimum absolute atomic E-state index is 0.194. The lowest BCUT2D eigenvalue weighted by molar-refractivity contribution is -0.119. The molecule has 0 heterocycles. The topological polar surface area (TPSA) is 89.3 Å². The maximum absolute atomic E-state index is 11.1. The first-order chi connectivity index (χ1) is 7.78. The van der Waals surface area contributed by atoms with E-state index in [1.54, 1.807) is 24.3 Å². The van der Waals surface area contributed by atoms with Crippen LogP contribution in [0.15, 0.2) is 24.3 Å². The Morgan fingerprint density at radius 1 is 1.41 bits per heavy atom. The van der Waals surface area contributed by atoms with E-state index in [0.717, 1.165) is 11.8 Å². The predicted octanol–water partition coefficient (Wildman–Crippen LogP) is 0.286. The number of amides is 1. The molecule has 0 radical (unpaired) electrons. The fraction of sp³-hybridized carbons (Fsp3) is 0.300. The van der Waals surface area contributed by atoms with Crippen LogP contribution < -0.4 is 10.5 Å².